The molecule has 3 heterocycles. The lowest BCUT2D eigenvalue weighted by Crippen LogP contribution is -2.29. The average Bonchev–Trinajstić information content (AvgIpc) is 3.85. The first-order valence-electron chi connectivity index (χ1n) is 18.8. The van der Waals surface area contributed by atoms with Gasteiger partial charge in [0.15, 0.2) is 0 Å². The van der Waals surface area contributed by atoms with Gasteiger partial charge < -0.3 is 14.8 Å². The van der Waals surface area contributed by atoms with Crippen molar-refractivity contribution in [1.29, 1.82) is 0 Å². The van der Waals surface area contributed by atoms with Crippen LogP contribution >= 0.6 is 0 Å². The minimum atomic E-state index is 0.253. The molecule has 4 aliphatic rings. The molecule has 3 heteroatoms. The largest absolute Gasteiger partial charge is 0.355 e. The van der Waals surface area contributed by atoms with E-state index in [9.17, 15) is 0 Å². The fraction of sp³-hybridized carbons (Fsp3) is 0.120. The lowest BCUT2D eigenvalue weighted by atomic mass is 9.85. The number of hydrogen-bond acceptors (Lipinski definition) is 2. The van der Waals surface area contributed by atoms with Crippen molar-refractivity contribution in [2.75, 3.05) is 9.80 Å². The molecular weight excluding hydrogens is 643 g/mol. The van der Waals surface area contributed by atoms with Crippen LogP contribution in [-0.4, -0.2) is 17.1 Å². The van der Waals surface area contributed by atoms with Crippen molar-refractivity contribution in [2.24, 2.45) is 0 Å². The molecule has 4 atom stereocenters. The van der Waals surface area contributed by atoms with Crippen LogP contribution in [0.4, 0.5) is 22.7 Å². The highest BCUT2D eigenvalue weighted by molar-refractivity contribution is 6.09. The third-order valence-corrected chi connectivity index (χ3v) is 12.1. The number of anilines is 4. The summed E-state index contributed by atoms with van der Waals surface area (Å²) in [4.78, 5) is 8.77. The molecule has 1 aromatic heterocycles. The van der Waals surface area contributed by atoms with E-state index in [1.807, 2.05) is 0 Å². The molecule has 2 aliphatic carbocycles. The predicted molar refractivity (Wildman–Crippen MR) is 223 cm³/mol. The third kappa shape index (κ3) is 4.60. The van der Waals surface area contributed by atoms with Crippen LogP contribution in [-0.2, 0) is 0 Å². The van der Waals surface area contributed by atoms with Crippen LogP contribution in [0.2, 0.25) is 0 Å². The van der Waals surface area contributed by atoms with Crippen molar-refractivity contribution in [3.05, 3.63) is 203 Å². The Morgan fingerprint density at radius 2 is 0.868 bits per heavy atom. The highest BCUT2D eigenvalue weighted by Crippen LogP contribution is 2.51. The Kier molecular flexibility index (Phi) is 6.63. The molecule has 3 nitrogen and oxygen atoms in total. The van der Waals surface area contributed by atoms with Crippen LogP contribution in [0.3, 0.4) is 0 Å². The average molecular weight is 682 g/mol. The van der Waals surface area contributed by atoms with Crippen molar-refractivity contribution in [1.82, 2.24) is 4.98 Å². The van der Waals surface area contributed by atoms with E-state index in [0.717, 1.165) is 0 Å². The first-order valence-corrected chi connectivity index (χ1v) is 18.8. The standard InChI is InChI=1S/C50H39N3/c1-31-11-3-7-15-45(31)52-47-17-9-5-13-37(47)41-29-35(21-25-49(41)52)33-19-23-43-39(27-33)40-28-34(20-24-44(40)51-43)36-22-26-50-42(30-36)38-14-6-10-18-48(38)53(50)46-16-8-4-12-32(46)2/h3-30,41-42,49-51H,1-2H3. The maximum absolute atomic E-state index is 3.71. The van der Waals surface area contributed by atoms with Gasteiger partial charge >= 0.3 is 0 Å². The van der Waals surface area contributed by atoms with Gasteiger partial charge in [0.2, 0.25) is 0 Å². The van der Waals surface area contributed by atoms with Gasteiger partial charge in [-0.25, -0.2) is 0 Å². The van der Waals surface area contributed by atoms with Gasteiger partial charge in [0.25, 0.3) is 0 Å². The van der Waals surface area contributed by atoms with E-state index in [2.05, 4.69) is 199 Å². The maximum Gasteiger partial charge on any atom is 0.0630 e. The van der Waals surface area contributed by atoms with Gasteiger partial charge in [-0.15, -0.1) is 0 Å². The summed E-state index contributed by atoms with van der Waals surface area (Å²) in [6.07, 6.45) is 14.5. The topological polar surface area (TPSA) is 22.3 Å². The Labute approximate surface area is 310 Å². The summed E-state index contributed by atoms with van der Waals surface area (Å²) in [5, 5.41) is 2.53. The van der Waals surface area contributed by atoms with Crippen LogP contribution in [0.1, 0.15) is 45.2 Å². The first-order chi connectivity index (χ1) is 26.1. The zero-order chi connectivity index (χ0) is 35.2. The summed E-state index contributed by atoms with van der Waals surface area (Å²) in [5.74, 6) is 0.569. The van der Waals surface area contributed by atoms with Gasteiger partial charge in [0, 0.05) is 56.4 Å². The lowest BCUT2D eigenvalue weighted by Gasteiger charge is -2.31. The second-order valence-electron chi connectivity index (χ2n) is 15.1. The van der Waals surface area contributed by atoms with Crippen LogP contribution in [0.25, 0.3) is 33.0 Å². The summed E-state index contributed by atoms with van der Waals surface area (Å²) >= 11 is 0. The summed E-state index contributed by atoms with van der Waals surface area (Å²) in [6.45, 7) is 4.43. The molecule has 1 N–H and O–H groups in total. The van der Waals surface area contributed by atoms with Gasteiger partial charge in [-0.3, -0.25) is 0 Å². The van der Waals surface area contributed by atoms with E-state index in [-0.39, 0.29) is 23.9 Å². The summed E-state index contributed by atoms with van der Waals surface area (Å²) in [5.41, 5.74) is 18.0. The van der Waals surface area contributed by atoms with Crippen molar-refractivity contribution in [2.45, 2.75) is 37.8 Å². The molecule has 0 saturated carbocycles. The van der Waals surface area contributed by atoms with Crippen molar-refractivity contribution >= 4 is 55.7 Å². The van der Waals surface area contributed by atoms with E-state index in [0.29, 0.717) is 0 Å². The molecule has 11 rings (SSSR count). The lowest BCUT2D eigenvalue weighted by molar-refractivity contribution is 0.746. The van der Waals surface area contributed by atoms with E-state index in [1.165, 1.54) is 89.1 Å². The van der Waals surface area contributed by atoms with Gasteiger partial charge in [-0.2, -0.15) is 0 Å². The Bertz CT molecular complexity index is 2570. The SMILES string of the molecule is Cc1ccccc1N1c2ccccc2C2C=C(c3ccc4[nH]c5ccc(C6=CC7c8ccccc8N(c8ccccc8C)C7C=C6)cc5c4c3)C=CC21. The van der Waals surface area contributed by atoms with Gasteiger partial charge in [0.05, 0.1) is 12.1 Å². The number of fused-ring (bicyclic) bond motifs is 9. The fourth-order valence-corrected chi connectivity index (χ4v) is 9.57. The van der Waals surface area contributed by atoms with Crippen LogP contribution in [0.15, 0.2) is 170 Å². The molecule has 4 unspecified atom stereocenters. The number of benzene rings is 6. The molecular formula is C50H39N3. The van der Waals surface area contributed by atoms with Crippen LogP contribution in [0.5, 0.6) is 0 Å². The Morgan fingerprint density at radius 3 is 1.32 bits per heavy atom. The van der Waals surface area contributed by atoms with Gasteiger partial charge in [-0.05, 0) is 107 Å². The number of aromatic nitrogens is 1. The van der Waals surface area contributed by atoms with Crippen molar-refractivity contribution in [3.63, 3.8) is 0 Å². The monoisotopic (exact) mass is 681 g/mol. The Hall–Kier alpha value is -6.32. The Morgan fingerprint density at radius 1 is 0.453 bits per heavy atom. The quantitative estimate of drug-likeness (QED) is 0.200. The third-order valence-electron chi connectivity index (χ3n) is 12.1. The highest BCUT2D eigenvalue weighted by atomic mass is 15.2. The molecule has 0 spiro atoms. The van der Waals surface area contributed by atoms with Crippen molar-refractivity contribution in [3.8, 4) is 0 Å². The zero-order valence-corrected chi connectivity index (χ0v) is 29.9. The van der Waals surface area contributed by atoms with E-state index in [1.54, 1.807) is 0 Å². The second kappa shape index (κ2) is 11.6. The van der Waals surface area contributed by atoms with Crippen LogP contribution in [0, 0.1) is 13.8 Å². The summed E-state index contributed by atoms with van der Waals surface area (Å²) in [7, 11) is 0. The number of para-hydroxylation sites is 4. The number of hydrogen-bond donors (Lipinski definition) is 1. The number of nitrogens with one attached hydrogen (secondary N) is 1. The molecule has 0 bridgehead atoms. The molecule has 254 valence electrons. The van der Waals surface area contributed by atoms with E-state index < -0.39 is 0 Å². The molecule has 7 aromatic rings. The number of rotatable bonds is 4. The summed E-state index contributed by atoms with van der Waals surface area (Å²) < 4.78 is 0. The number of aromatic amines is 1. The minimum absolute atomic E-state index is 0.253. The maximum atomic E-state index is 3.71. The normalized spacial score (nSPS) is 21.0. The zero-order valence-electron chi connectivity index (χ0n) is 29.9. The number of allylic oxidation sites excluding steroid dienone is 4. The predicted octanol–water partition coefficient (Wildman–Crippen LogP) is 12.5. The number of aryl methyl sites for hydroxylation is 2. The number of H-pyrrole nitrogens is 1. The molecule has 0 amide bonds. The molecule has 53 heavy (non-hydrogen) atoms. The van der Waals surface area contributed by atoms with Crippen molar-refractivity contribution < 1.29 is 0 Å². The second-order valence-corrected chi connectivity index (χ2v) is 15.1. The van der Waals surface area contributed by atoms with Gasteiger partial charge in [0.1, 0.15) is 0 Å². The van der Waals surface area contributed by atoms with E-state index >= 15 is 0 Å². The van der Waals surface area contributed by atoms with E-state index in [4.69, 9.17) is 0 Å². The first kappa shape index (κ1) is 30.3. The summed E-state index contributed by atoms with van der Waals surface area (Å²) in [6, 6.07) is 49.7. The molecule has 0 fully saturated rings. The smallest absolute Gasteiger partial charge is 0.0630 e. The molecule has 2 aliphatic heterocycles. The highest BCUT2D eigenvalue weighted by Gasteiger charge is 2.40. The molecule has 6 aromatic carbocycles. The molecule has 0 saturated heterocycles. The van der Waals surface area contributed by atoms with Gasteiger partial charge in [-0.1, -0.05) is 121 Å². The Balaban J connectivity index is 0.954. The molecule has 0 radical (unpaired) electrons. The fourth-order valence-electron chi connectivity index (χ4n) is 9.57. The number of nitrogens with zero attached hydrogens (tertiary/aromatic N) is 2. The van der Waals surface area contributed by atoms with Crippen LogP contribution < -0.4 is 9.80 Å². The minimum Gasteiger partial charge on any atom is -0.355 e.